The Labute approximate surface area is 138 Å². The first-order chi connectivity index (χ1) is 9.87. The number of nitrogens with zero attached hydrogens (tertiary/aromatic N) is 1. The molecule has 0 bridgehead atoms. The molecule has 4 heteroatoms. The Balaban J connectivity index is 2.05. The number of nitrogens with one attached hydrogen (secondary N) is 1. The van der Waals surface area contributed by atoms with Crippen LogP contribution in [0.25, 0.3) is 0 Å². The smallest absolute Gasteiger partial charge is 0.0471 e. The molecule has 1 aliphatic rings. The van der Waals surface area contributed by atoms with Gasteiger partial charge in [0, 0.05) is 46.9 Å². The zero-order valence-corrected chi connectivity index (χ0v) is 15.2. The molecule has 0 aliphatic carbocycles. The van der Waals surface area contributed by atoms with Crippen LogP contribution in [-0.4, -0.2) is 29.6 Å². The lowest BCUT2D eigenvalue weighted by Crippen LogP contribution is -2.27. The monoisotopic (exact) mass is 326 g/mol. The summed E-state index contributed by atoms with van der Waals surface area (Å²) in [5, 5.41) is 4.29. The predicted molar refractivity (Wildman–Crippen MR) is 96.8 cm³/mol. The van der Waals surface area contributed by atoms with Gasteiger partial charge >= 0.3 is 0 Å². The molecule has 0 radical (unpaired) electrons. The highest BCUT2D eigenvalue weighted by molar-refractivity contribution is 8.00. The number of benzene rings is 1. The molecule has 2 rings (SSSR count). The minimum atomic E-state index is 0.389. The summed E-state index contributed by atoms with van der Waals surface area (Å²) in [7, 11) is 0. The molecule has 1 aliphatic heterocycles. The largest absolute Gasteiger partial charge is 0.371 e. The fraction of sp³-hybridized carbons (Fsp3) is 0.647. The topological polar surface area (TPSA) is 15.3 Å². The summed E-state index contributed by atoms with van der Waals surface area (Å²) in [5.74, 6) is 1.18. The highest BCUT2D eigenvalue weighted by Crippen LogP contribution is 2.33. The molecule has 0 atom stereocenters. The van der Waals surface area contributed by atoms with Crippen LogP contribution in [0.5, 0.6) is 0 Å². The van der Waals surface area contributed by atoms with Gasteiger partial charge in [0.1, 0.15) is 0 Å². The second kappa shape index (κ2) is 7.26. The number of anilines is 1. The van der Waals surface area contributed by atoms with Gasteiger partial charge in [-0.05, 0) is 24.1 Å². The Hall–Kier alpha value is -0.380. The van der Waals surface area contributed by atoms with E-state index in [1.54, 1.807) is 0 Å². The predicted octanol–water partition coefficient (Wildman–Crippen LogP) is 4.56. The summed E-state index contributed by atoms with van der Waals surface area (Å²) in [6.07, 6.45) is 1.21. The summed E-state index contributed by atoms with van der Waals surface area (Å²) < 4.78 is 0.389. The van der Waals surface area contributed by atoms with E-state index in [0.29, 0.717) is 10.8 Å². The lowest BCUT2D eigenvalue weighted by molar-refractivity contribution is 0.589. The zero-order valence-electron chi connectivity index (χ0n) is 13.6. The van der Waals surface area contributed by atoms with Crippen LogP contribution in [0.1, 0.15) is 39.7 Å². The zero-order chi connectivity index (χ0) is 15.5. The highest BCUT2D eigenvalue weighted by atomic mass is 35.5. The molecular formula is C17H27ClN2S. The molecule has 1 aromatic carbocycles. The van der Waals surface area contributed by atoms with Gasteiger partial charge in [0.2, 0.25) is 0 Å². The Morgan fingerprint density at radius 1 is 1.33 bits per heavy atom. The molecule has 21 heavy (non-hydrogen) atoms. The Kier molecular flexibility index (Phi) is 5.87. The number of rotatable bonds is 4. The van der Waals surface area contributed by atoms with Gasteiger partial charge in [0.15, 0.2) is 0 Å². The van der Waals surface area contributed by atoms with E-state index < -0.39 is 0 Å². The molecule has 1 aromatic rings. The highest BCUT2D eigenvalue weighted by Gasteiger charge is 2.23. The van der Waals surface area contributed by atoms with Crippen molar-refractivity contribution in [3.05, 3.63) is 28.8 Å². The number of hydrogen-bond donors (Lipinski definition) is 1. The van der Waals surface area contributed by atoms with Crippen molar-refractivity contribution in [3.8, 4) is 0 Å². The second-order valence-electron chi connectivity index (χ2n) is 6.66. The van der Waals surface area contributed by atoms with E-state index in [9.17, 15) is 0 Å². The molecule has 1 fully saturated rings. The molecule has 1 N–H and O–H groups in total. The lowest BCUT2D eigenvalue weighted by Gasteiger charge is -2.25. The Morgan fingerprint density at radius 2 is 2.10 bits per heavy atom. The summed E-state index contributed by atoms with van der Waals surface area (Å²) in [6.45, 7) is 12.0. The third-order valence-corrected chi connectivity index (χ3v) is 5.66. The first-order valence-electron chi connectivity index (χ1n) is 7.78. The molecule has 118 valence electrons. The van der Waals surface area contributed by atoms with E-state index in [-0.39, 0.29) is 0 Å². The van der Waals surface area contributed by atoms with Crippen molar-refractivity contribution in [3.63, 3.8) is 0 Å². The Bertz CT molecular complexity index is 474. The molecule has 0 spiro atoms. The quantitative estimate of drug-likeness (QED) is 0.873. The van der Waals surface area contributed by atoms with E-state index in [4.69, 9.17) is 11.6 Å². The summed E-state index contributed by atoms with van der Waals surface area (Å²) in [5.41, 5.74) is 2.44. The van der Waals surface area contributed by atoms with E-state index in [2.05, 4.69) is 67.9 Å². The second-order valence-corrected chi connectivity index (χ2v) is 8.87. The van der Waals surface area contributed by atoms with E-state index in [1.165, 1.54) is 23.4 Å². The van der Waals surface area contributed by atoms with Crippen molar-refractivity contribution < 1.29 is 0 Å². The van der Waals surface area contributed by atoms with Gasteiger partial charge < -0.3 is 10.2 Å². The molecule has 0 amide bonds. The number of thioether (sulfide) groups is 1. The van der Waals surface area contributed by atoms with Gasteiger partial charge in [-0.2, -0.15) is 11.8 Å². The van der Waals surface area contributed by atoms with E-state index >= 15 is 0 Å². The van der Waals surface area contributed by atoms with Crippen molar-refractivity contribution in [2.45, 2.75) is 51.4 Å². The minimum Gasteiger partial charge on any atom is -0.371 e. The van der Waals surface area contributed by atoms with Crippen molar-refractivity contribution in [2.24, 2.45) is 0 Å². The lowest BCUT2D eigenvalue weighted by atomic mass is 10.1. The molecule has 0 unspecified atom stereocenters. The molecule has 0 aromatic heterocycles. The molecular weight excluding hydrogens is 300 g/mol. The van der Waals surface area contributed by atoms with Crippen molar-refractivity contribution in [1.82, 2.24) is 5.32 Å². The summed E-state index contributed by atoms with van der Waals surface area (Å²) >= 11 is 8.53. The van der Waals surface area contributed by atoms with Gasteiger partial charge in [-0.1, -0.05) is 45.4 Å². The van der Waals surface area contributed by atoms with Crippen LogP contribution in [0.3, 0.4) is 0 Å². The third kappa shape index (κ3) is 5.08. The molecule has 0 saturated carbocycles. The van der Waals surface area contributed by atoms with Crippen LogP contribution in [0.2, 0.25) is 5.02 Å². The average Bonchev–Trinajstić information content (AvgIpc) is 2.58. The van der Waals surface area contributed by atoms with Gasteiger partial charge in [-0.3, -0.25) is 0 Å². The fourth-order valence-corrected chi connectivity index (χ4v) is 3.81. The Morgan fingerprint density at radius 3 is 2.76 bits per heavy atom. The first kappa shape index (κ1) is 17.0. The van der Waals surface area contributed by atoms with Gasteiger partial charge in [0.05, 0.1) is 0 Å². The van der Waals surface area contributed by atoms with Crippen LogP contribution >= 0.6 is 23.4 Å². The minimum absolute atomic E-state index is 0.389. The average molecular weight is 327 g/mol. The SMILES string of the molecule is CC(C)NCc1ccc(N2CCSC(C)(C)CC2)cc1Cl. The van der Waals surface area contributed by atoms with E-state index in [1.807, 2.05) is 0 Å². The summed E-state index contributed by atoms with van der Waals surface area (Å²) in [4.78, 5) is 2.47. The normalized spacial score (nSPS) is 18.9. The number of hydrogen-bond acceptors (Lipinski definition) is 3. The van der Waals surface area contributed by atoms with Gasteiger partial charge in [-0.25, -0.2) is 0 Å². The number of halogens is 1. The van der Waals surface area contributed by atoms with Gasteiger partial charge in [-0.15, -0.1) is 0 Å². The van der Waals surface area contributed by atoms with Crippen LogP contribution in [0.4, 0.5) is 5.69 Å². The fourth-order valence-electron chi connectivity index (χ4n) is 2.47. The third-order valence-electron chi connectivity index (χ3n) is 3.94. The standard InChI is InChI=1S/C17H27ClN2S/c1-13(2)19-12-14-5-6-15(11-16(14)18)20-8-7-17(3,4)21-10-9-20/h5-6,11,13,19H,7-10,12H2,1-4H3. The van der Waals surface area contributed by atoms with Crippen molar-refractivity contribution >= 4 is 29.1 Å². The van der Waals surface area contributed by atoms with Crippen LogP contribution in [0, 0.1) is 0 Å². The van der Waals surface area contributed by atoms with E-state index in [0.717, 1.165) is 24.7 Å². The maximum Gasteiger partial charge on any atom is 0.0471 e. The van der Waals surface area contributed by atoms with Crippen molar-refractivity contribution in [2.75, 3.05) is 23.7 Å². The molecule has 1 saturated heterocycles. The maximum absolute atomic E-state index is 6.46. The van der Waals surface area contributed by atoms with Crippen LogP contribution in [-0.2, 0) is 6.54 Å². The molecule has 2 nitrogen and oxygen atoms in total. The van der Waals surface area contributed by atoms with Crippen molar-refractivity contribution in [1.29, 1.82) is 0 Å². The maximum atomic E-state index is 6.46. The summed E-state index contributed by atoms with van der Waals surface area (Å²) in [6, 6.07) is 6.98. The molecule has 1 heterocycles. The van der Waals surface area contributed by atoms with Crippen LogP contribution < -0.4 is 10.2 Å². The first-order valence-corrected chi connectivity index (χ1v) is 9.14. The van der Waals surface area contributed by atoms with Gasteiger partial charge in [0.25, 0.3) is 0 Å². The van der Waals surface area contributed by atoms with Crippen LogP contribution in [0.15, 0.2) is 18.2 Å².